The van der Waals surface area contributed by atoms with E-state index in [4.69, 9.17) is 9.47 Å². The Kier molecular flexibility index (Phi) is 6.72. The Morgan fingerprint density at radius 3 is 2.33 bits per heavy atom. The molecule has 0 saturated carbocycles. The molecule has 5 heteroatoms. The molecule has 2 atom stereocenters. The highest BCUT2D eigenvalue weighted by Gasteiger charge is 2.31. The molecule has 116 valence electrons. The number of anilines is 1. The SMILES string of the molecule is CCOC(=O)[C@H](Nc1ccc(OC)cc1)[C@H](C=O)C(C)C. The number of rotatable bonds is 8. The standard InChI is InChI=1S/C16H23NO4/c1-5-21-16(19)15(14(10-18)11(2)3)17-12-6-8-13(20-4)9-7-12/h6-11,14-15,17H,5H2,1-4H3/t14-,15-/m1/s1. The lowest BCUT2D eigenvalue weighted by Crippen LogP contribution is -2.41. The summed E-state index contributed by atoms with van der Waals surface area (Å²) in [6.07, 6.45) is 0.808. The maximum Gasteiger partial charge on any atom is 0.329 e. The highest BCUT2D eigenvalue weighted by Crippen LogP contribution is 2.21. The maximum atomic E-state index is 12.1. The van der Waals surface area contributed by atoms with E-state index in [1.807, 2.05) is 13.8 Å². The van der Waals surface area contributed by atoms with Gasteiger partial charge in [-0.25, -0.2) is 4.79 Å². The van der Waals surface area contributed by atoms with Gasteiger partial charge in [0, 0.05) is 11.6 Å². The third-order valence-corrected chi connectivity index (χ3v) is 3.26. The average Bonchev–Trinajstić information content (AvgIpc) is 2.47. The zero-order valence-corrected chi connectivity index (χ0v) is 13.0. The number of hydrogen-bond acceptors (Lipinski definition) is 5. The van der Waals surface area contributed by atoms with E-state index >= 15 is 0 Å². The number of carbonyl (C=O) groups excluding carboxylic acids is 2. The lowest BCUT2D eigenvalue weighted by atomic mass is 9.89. The molecule has 0 amide bonds. The number of ether oxygens (including phenoxy) is 2. The van der Waals surface area contributed by atoms with Crippen LogP contribution in [0, 0.1) is 11.8 Å². The van der Waals surface area contributed by atoms with Crippen molar-refractivity contribution in [1.29, 1.82) is 0 Å². The van der Waals surface area contributed by atoms with Gasteiger partial charge in [-0.05, 0) is 37.1 Å². The van der Waals surface area contributed by atoms with Crippen LogP contribution in [-0.2, 0) is 14.3 Å². The predicted molar refractivity (Wildman–Crippen MR) is 81.4 cm³/mol. The van der Waals surface area contributed by atoms with Gasteiger partial charge >= 0.3 is 5.97 Å². The lowest BCUT2D eigenvalue weighted by Gasteiger charge is -2.26. The molecule has 0 bridgehead atoms. The van der Waals surface area contributed by atoms with Crippen molar-refractivity contribution < 1.29 is 19.1 Å². The van der Waals surface area contributed by atoms with Gasteiger partial charge in [-0.2, -0.15) is 0 Å². The van der Waals surface area contributed by atoms with Crippen LogP contribution in [0.3, 0.4) is 0 Å². The van der Waals surface area contributed by atoms with Crippen LogP contribution >= 0.6 is 0 Å². The molecule has 0 aliphatic carbocycles. The summed E-state index contributed by atoms with van der Waals surface area (Å²) in [7, 11) is 1.59. The van der Waals surface area contributed by atoms with Crippen molar-refractivity contribution >= 4 is 17.9 Å². The molecular weight excluding hydrogens is 270 g/mol. The molecule has 0 spiro atoms. The largest absolute Gasteiger partial charge is 0.497 e. The van der Waals surface area contributed by atoms with Gasteiger partial charge in [-0.3, -0.25) is 0 Å². The Labute approximate surface area is 125 Å². The highest BCUT2D eigenvalue weighted by atomic mass is 16.5. The molecule has 1 aromatic carbocycles. The first-order valence-corrected chi connectivity index (χ1v) is 7.06. The summed E-state index contributed by atoms with van der Waals surface area (Å²) in [4.78, 5) is 23.4. The Morgan fingerprint density at radius 1 is 1.29 bits per heavy atom. The van der Waals surface area contributed by atoms with Gasteiger partial charge < -0.3 is 19.6 Å². The Hall–Kier alpha value is -2.04. The van der Waals surface area contributed by atoms with E-state index in [2.05, 4.69) is 5.32 Å². The van der Waals surface area contributed by atoms with Gasteiger partial charge in [-0.15, -0.1) is 0 Å². The van der Waals surface area contributed by atoms with Gasteiger partial charge in [0.2, 0.25) is 0 Å². The van der Waals surface area contributed by atoms with Crippen LogP contribution in [0.5, 0.6) is 5.75 Å². The average molecular weight is 293 g/mol. The Morgan fingerprint density at radius 2 is 1.90 bits per heavy atom. The topological polar surface area (TPSA) is 64.6 Å². The zero-order valence-electron chi connectivity index (χ0n) is 13.0. The molecule has 5 nitrogen and oxygen atoms in total. The van der Waals surface area contributed by atoms with Crippen LogP contribution in [0.25, 0.3) is 0 Å². The fraction of sp³-hybridized carbons (Fsp3) is 0.500. The number of carbonyl (C=O) groups is 2. The monoisotopic (exact) mass is 293 g/mol. The number of aldehydes is 1. The zero-order chi connectivity index (χ0) is 15.8. The smallest absolute Gasteiger partial charge is 0.329 e. The number of hydrogen-bond donors (Lipinski definition) is 1. The van der Waals surface area contributed by atoms with E-state index in [0.29, 0.717) is 0 Å². The number of esters is 1. The van der Waals surface area contributed by atoms with E-state index < -0.39 is 17.9 Å². The molecule has 1 N–H and O–H groups in total. The summed E-state index contributed by atoms with van der Waals surface area (Å²) >= 11 is 0. The van der Waals surface area contributed by atoms with Crippen LogP contribution in [0.4, 0.5) is 5.69 Å². The third-order valence-electron chi connectivity index (χ3n) is 3.26. The van der Waals surface area contributed by atoms with Crippen LogP contribution in [0.1, 0.15) is 20.8 Å². The first kappa shape index (κ1) is 17.0. The van der Waals surface area contributed by atoms with Crippen molar-refractivity contribution in [2.24, 2.45) is 11.8 Å². The van der Waals surface area contributed by atoms with Crippen molar-refractivity contribution in [2.75, 3.05) is 19.0 Å². The van der Waals surface area contributed by atoms with Crippen molar-refractivity contribution in [2.45, 2.75) is 26.8 Å². The number of methoxy groups -OCH3 is 1. The van der Waals surface area contributed by atoms with Crippen molar-refractivity contribution in [3.63, 3.8) is 0 Å². The fourth-order valence-electron chi connectivity index (χ4n) is 2.03. The van der Waals surface area contributed by atoms with Crippen molar-refractivity contribution in [1.82, 2.24) is 0 Å². The summed E-state index contributed by atoms with van der Waals surface area (Å²) < 4.78 is 10.2. The van der Waals surface area contributed by atoms with Crippen LogP contribution in [0.2, 0.25) is 0 Å². The quantitative estimate of drug-likeness (QED) is 0.589. The molecule has 1 aromatic rings. The minimum atomic E-state index is -0.698. The van der Waals surface area contributed by atoms with Crippen LogP contribution in [-0.4, -0.2) is 32.0 Å². The second-order valence-corrected chi connectivity index (χ2v) is 5.06. The summed E-state index contributed by atoms with van der Waals surface area (Å²) in [5, 5.41) is 3.09. The van der Waals surface area contributed by atoms with Gasteiger partial charge in [0.1, 0.15) is 18.1 Å². The summed E-state index contributed by atoms with van der Waals surface area (Å²) in [5.74, 6) is -0.114. The minimum Gasteiger partial charge on any atom is -0.497 e. The first-order chi connectivity index (χ1) is 10.0. The van der Waals surface area contributed by atoms with Gasteiger partial charge in [0.25, 0.3) is 0 Å². The summed E-state index contributed by atoms with van der Waals surface area (Å²) in [5.41, 5.74) is 0.737. The Bertz CT molecular complexity index is 456. The predicted octanol–water partition coefficient (Wildman–Crippen LogP) is 2.51. The Balaban J connectivity index is 2.94. The first-order valence-electron chi connectivity index (χ1n) is 7.06. The van der Waals surface area contributed by atoms with Gasteiger partial charge in [0.05, 0.1) is 13.7 Å². The summed E-state index contributed by atoms with van der Waals surface area (Å²) in [6.45, 7) is 5.83. The second-order valence-electron chi connectivity index (χ2n) is 5.06. The molecule has 21 heavy (non-hydrogen) atoms. The molecule has 0 saturated heterocycles. The van der Waals surface area contributed by atoms with Crippen molar-refractivity contribution in [3.05, 3.63) is 24.3 Å². The van der Waals surface area contributed by atoms with Gasteiger partial charge in [-0.1, -0.05) is 13.8 Å². The number of nitrogens with one attached hydrogen (secondary N) is 1. The molecule has 0 heterocycles. The molecule has 0 aromatic heterocycles. The molecule has 0 aliphatic rings. The molecule has 1 rings (SSSR count). The number of benzene rings is 1. The lowest BCUT2D eigenvalue weighted by molar-refractivity contribution is -0.146. The molecule has 0 radical (unpaired) electrons. The fourth-order valence-corrected chi connectivity index (χ4v) is 2.03. The molecule has 0 aliphatic heterocycles. The van der Waals surface area contributed by atoms with E-state index in [9.17, 15) is 9.59 Å². The maximum absolute atomic E-state index is 12.1. The summed E-state index contributed by atoms with van der Waals surface area (Å²) in [6, 6.07) is 6.47. The molecule has 0 fully saturated rings. The second kappa shape index (κ2) is 8.29. The third kappa shape index (κ3) is 4.77. The van der Waals surface area contributed by atoms with E-state index in [-0.39, 0.29) is 12.5 Å². The van der Waals surface area contributed by atoms with E-state index in [1.54, 1.807) is 38.3 Å². The van der Waals surface area contributed by atoms with Crippen molar-refractivity contribution in [3.8, 4) is 5.75 Å². The normalized spacial score (nSPS) is 13.4. The van der Waals surface area contributed by atoms with E-state index in [1.165, 1.54) is 0 Å². The van der Waals surface area contributed by atoms with Crippen LogP contribution < -0.4 is 10.1 Å². The minimum absolute atomic E-state index is 0.0302. The molecular formula is C16H23NO4. The highest BCUT2D eigenvalue weighted by molar-refractivity contribution is 5.83. The van der Waals surface area contributed by atoms with E-state index in [0.717, 1.165) is 17.7 Å². The molecule has 0 unspecified atom stereocenters. The van der Waals surface area contributed by atoms with Crippen LogP contribution in [0.15, 0.2) is 24.3 Å². The van der Waals surface area contributed by atoms with Gasteiger partial charge in [0.15, 0.2) is 0 Å².